The first-order chi connectivity index (χ1) is 7.03. The number of rotatable bonds is 1. The minimum absolute atomic E-state index is 0.0800. The maximum Gasteiger partial charge on any atom is 0.255 e. The Morgan fingerprint density at radius 2 is 1.47 bits per heavy atom. The summed E-state index contributed by atoms with van der Waals surface area (Å²) in [5, 5.41) is 0. The fourth-order valence-electron chi connectivity index (χ4n) is 2.04. The summed E-state index contributed by atoms with van der Waals surface area (Å²) in [5.41, 5.74) is -0.407. The maximum atomic E-state index is 12.9. The van der Waals surface area contributed by atoms with Gasteiger partial charge in [0.1, 0.15) is 5.82 Å². The van der Waals surface area contributed by atoms with Crippen molar-refractivity contribution in [3.63, 3.8) is 0 Å². The van der Waals surface area contributed by atoms with Crippen LogP contribution in [0.1, 0.15) is 38.4 Å². The standard InChI is InChI=1S/C10H11F3N2/c1-10(4-2-3-5-10)9-14-7(12)6(11)8(13)15-9/h2-5H2,1H3. The second-order valence-electron chi connectivity index (χ2n) is 4.21. The quantitative estimate of drug-likeness (QED) is 0.674. The van der Waals surface area contributed by atoms with E-state index in [9.17, 15) is 13.2 Å². The number of nitrogens with zero attached hydrogens (tertiary/aromatic N) is 2. The fraction of sp³-hybridized carbons (Fsp3) is 0.600. The third kappa shape index (κ3) is 1.70. The topological polar surface area (TPSA) is 25.8 Å². The summed E-state index contributed by atoms with van der Waals surface area (Å²) in [6.07, 6.45) is 3.55. The minimum atomic E-state index is -1.60. The van der Waals surface area contributed by atoms with E-state index < -0.39 is 23.1 Å². The van der Waals surface area contributed by atoms with Crippen molar-refractivity contribution < 1.29 is 13.2 Å². The highest BCUT2D eigenvalue weighted by Crippen LogP contribution is 2.38. The van der Waals surface area contributed by atoms with Gasteiger partial charge in [-0.2, -0.15) is 13.2 Å². The molecule has 1 saturated carbocycles. The van der Waals surface area contributed by atoms with Gasteiger partial charge in [-0.05, 0) is 12.8 Å². The van der Waals surface area contributed by atoms with Crippen LogP contribution in [0.15, 0.2) is 0 Å². The number of hydrogen-bond donors (Lipinski definition) is 0. The highest BCUT2D eigenvalue weighted by molar-refractivity contribution is 5.10. The van der Waals surface area contributed by atoms with Gasteiger partial charge in [-0.1, -0.05) is 19.8 Å². The molecule has 0 atom stereocenters. The molecule has 15 heavy (non-hydrogen) atoms. The van der Waals surface area contributed by atoms with Crippen LogP contribution in [0, 0.1) is 17.7 Å². The molecular formula is C10H11F3N2. The summed E-state index contributed by atoms with van der Waals surface area (Å²) in [6.45, 7) is 1.85. The van der Waals surface area contributed by atoms with Crippen LogP contribution in [0.25, 0.3) is 0 Å². The van der Waals surface area contributed by atoms with Gasteiger partial charge in [0.25, 0.3) is 11.9 Å². The molecule has 0 aromatic carbocycles. The normalized spacial score (nSPS) is 19.5. The smallest absolute Gasteiger partial charge is 0.201 e. The Labute approximate surface area is 85.6 Å². The molecule has 82 valence electrons. The van der Waals surface area contributed by atoms with Crippen LogP contribution < -0.4 is 0 Å². The Morgan fingerprint density at radius 3 is 1.93 bits per heavy atom. The summed E-state index contributed by atoms with van der Waals surface area (Å²) in [5.74, 6) is -4.31. The zero-order valence-corrected chi connectivity index (χ0v) is 8.36. The second-order valence-corrected chi connectivity index (χ2v) is 4.21. The Balaban J connectivity index is 2.45. The van der Waals surface area contributed by atoms with Crippen LogP contribution in [0.4, 0.5) is 13.2 Å². The van der Waals surface area contributed by atoms with Gasteiger partial charge in [-0.25, -0.2) is 9.97 Å². The monoisotopic (exact) mass is 216 g/mol. The second kappa shape index (κ2) is 3.47. The molecule has 0 bridgehead atoms. The zero-order valence-electron chi connectivity index (χ0n) is 8.36. The molecule has 1 heterocycles. The molecule has 1 aliphatic carbocycles. The van der Waals surface area contributed by atoms with E-state index in [1.165, 1.54) is 0 Å². The lowest BCUT2D eigenvalue weighted by molar-refractivity contribution is 0.368. The van der Waals surface area contributed by atoms with Crippen LogP contribution in [0.3, 0.4) is 0 Å². The van der Waals surface area contributed by atoms with Gasteiger partial charge in [-0.3, -0.25) is 0 Å². The van der Waals surface area contributed by atoms with E-state index in [-0.39, 0.29) is 5.82 Å². The first-order valence-electron chi connectivity index (χ1n) is 4.92. The lowest BCUT2D eigenvalue weighted by Gasteiger charge is -2.21. The van der Waals surface area contributed by atoms with Gasteiger partial charge in [0.15, 0.2) is 0 Å². The average molecular weight is 216 g/mol. The van der Waals surface area contributed by atoms with Crippen molar-refractivity contribution in [2.45, 2.75) is 38.0 Å². The van der Waals surface area contributed by atoms with Crippen molar-refractivity contribution in [3.8, 4) is 0 Å². The molecule has 0 N–H and O–H groups in total. The van der Waals surface area contributed by atoms with E-state index in [1.807, 2.05) is 6.92 Å². The molecule has 0 amide bonds. The molecular weight excluding hydrogens is 205 g/mol. The van der Waals surface area contributed by atoms with Crippen LogP contribution in [0.2, 0.25) is 0 Å². The van der Waals surface area contributed by atoms with Crippen molar-refractivity contribution in [1.29, 1.82) is 0 Å². The highest BCUT2D eigenvalue weighted by atomic mass is 19.2. The zero-order chi connectivity index (χ0) is 11.1. The minimum Gasteiger partial charge on any atom is -0.201 e. The maximum absolute atomic E-state index is 12.9. The molecule has 2 rings (SSSR count). The molecule has 5 heteroatoms. The van der Waals surface area contributed by atoms with Crippen LogP contribution in [-0.2, 0) is 5.41 Å². The van der Waals surface area contributed by atoms with E-state index in [0.29, 0.717) is 0 Å². The van der Waals surface area contributed by atoms with Crippen LogP contribution in [-0.4, -0.2) is 9.97 Å². The average Bonchev–Trinajstić information content (AvgIpc) is 2.62. The predicted molar refractivity (Wildman–Crippen MR) is 47.7 cm³/mol. The summed E-state index contributed by atoms with van der Waals surface area (Å²) in [6, 6.07) is 0. The van der Waals surface area contributed by atoms with E-state index >= 15 is 0 Å². The van der Waals surface area contributed by atoms with Gasteiger partial charge in [0, 0.05) is 5.41 Å². The van der Waals surface area contributed by atoms with E-state index in [2.05, 4.69) is 9.97 Å². The molecule has 1 aromatic rings. The summed E-state index contributed by atoms with van der Waals surface area (Å²) in [4.78, 5) is 6.79. The first kappa shape index (κ1) is 10.4. The summed E-state index contributed by atoms with van der Waals surface area (Å²) in [7, 11) is 0. The largest absolute Gasteiger partial charge is 0.255 e. The van der Waals surface area contributed by atoms with Gasteiger partial charge in [-0.15, -0.1) is 0 Å². The molecule has 1 fully saturated rings. The molecule has 1 aromatic heterocycles. The molecule has 0 aliphatic heterocycles. The van der Waals surface area contributed by atoms with E-state index in [1.54, 1.807) is 0 Å². The van der Waals surface area contributed by atoms with Crippen molar-refractivity contribution in [1.82, 2.24) is 9.97 Å². The van der Waals surface area contributed by atoms with Crippen LogP contribution >= 0.6 is 0 Å². The van der Waals surface area contributed by atoms with E-state index in [4.69, 9.17) is 0 Å². The Kier molecular flexibility index (Phi) is 2.40. The number of aromatic nitrogens is 2. The van der Waals surface area contributed by atoms with Crippen molar-refractivity contribution in [2.75, 3.05) is 0 Å². The molecule has 0 unspecified atom stereocenters. The third-order valence-electron chi connectivity index (χ3n) is 3.02. The molecule has 0 saturated heterocycles. The van der Waals surface area contributed by atoms with Gasteiger partial charge < -0.3 is 0 Å². The number of hydrogen-bond acceptors (Lipinski definition) is 2. The lowest BCUT2D eigenvalue weighted by atomic mass is 9.88. The fourth-order valence-corrected chi connectivity index (χ4v) is 2.04. The SMILES string of the molecule is CC1(c2nc(F)c(F)c(F)n2)CCCC1. The van der Waals surface area contributed by atoms with Crippen molar-refractivity contribution >= 4 is 0 Å². The molecule has 2 nitrogen and oxygen atoms in total. The Bertz CT molecular complexity index is 363. The highest BCUT2D eigenvalue weighted by Gasteiger charge is 2.35. The third-order valence-corrected chi connectivity index (χ3v) is 3.02. The van der Waals surface area contributed by atoms with Crippen molar-refractivity contribution in [2.24, 2.45) is 0 Å². The molecule has 0 radical (unpaired) electrons. The van der Waals surface area contributed by atoms with E-state index in [0.717, 1.165) is 25.7 Å². The van der Waals surface area contributed by atoms with Gasteiger partial charge in [0.05, 0.1) is 0 Å². The summed E-state index contributed by atoms with van der Waals surface area (Å²) < 4.78 is 38.4. The predicted octanol–water partition coefficient (Wildman–Crippen LogP) is 2.73. The summed E-state index contributed by atoms with van der Waals surface area (Å²) >= 11 is 0. The van der Waals surface area contributed by atoms with Gasteiger partial charge in [0.2, 0.25) is 5.82 Å². The van der Waals surface area contributed by atoms with Crippen molar-refractivity contribution in [3.05, 3.63) is 23.5 Å². The molecule has 1 aliphatic rings. The van der Waals surface area contributed by atoms with Gasteiger partial charge >= 0.3 is 0 Å². The first-order valence-corrected chi connectivity index (χ1v) is 4.92. The molecule has 0 spiro atoms. The lowest BCUT2D eigenvalue weighted by Crippen LogP contribution is -2.22. The number of halogens is 3. The Morgan fingerprint density at radius 1 is 1.00 bits per heavy atom. The Hall–Kier alpha value is -1.13. The van der Waals surface area contributed by atoms with Crippen LogP contribution in [0.5, 0.6) is 0 Å².